The van der Waals surface area contributed by atoms with Crippen LogP contribution in [-0.4, -0.2) is 11.9 Å². The molecule has 98 valence electrons. The second-order valence-corrected chi connectivity index (χ2v) is 6.09. The Morgan fingerprint density at radius 2 is 2.11 bits per heavy atom. The molecule has 3 atom stereocenters. The van der Waals surface area contributed by atoms with Crippen LogP contribution in [-0.2, 0) is 0 Å². The van der Waals surface area contributed by atoms with Crippen LogP contribution in [0.3, 0.4) is 0 Å². The Morgan fingerprint density at radius 1 is 1.39 bits per heavy atom. The van der Waals surface area contributed by atoms with Crippen molar-refractivity contribution in [3.05, 3.63) is 28.2 Å². The molecule has 3 nitrogen and oxygen atoms in total. The second kappa shape index (κ2) is 5.31. The van der Waals surface area contributed by atoms with Crippen LogP contribution in [0.15, 0.2) is 22.7 Å². The van der Waals surface area contributed by atoms with Crippen LogP contribution < -0.4 is 11.1 Å². The first-order valence-corrected chi connectivity index (χ1v) is 7.14. The molecular weight excluding hydrogens is 292 g/mol. The molecule has 0 bridgehead atoms. The lowest BCUT2D eigenvalue weighted by Crippen LogP contribution is -2.37. The average Bonchev–Trinajstić information content (AvgIpc) is 2.64. The Bertz CT molecular complexity index is 461. The van der Waals surface area contributed by atoms with Gasteiger partial charge in [0.15, 0.2) is 0 Å². The second-order valence-electron chi connectivity index (χ2n) is 5.23. The number of hydrogen-bond acceptors (Lipinski definition) is 2. The molecule has 2 rings (SSSR count). The minimum Gasteiger partial charge on any atom is -0.399 e. The van der Waals surface area contributed by atoms with Crippen molar-refractivity contribution >= 4 is 27.5 Å². The molecule has 1 aliphatic carbocycles. The van der Waals surface area contributed by atoms with Gasteiger partial charge in [0, 0.05) is 16.2 Å². The lowest BCUT2D eigenvalue weighted by molar-refractivity contribution is 0.0926. The van der Waals surface area contributed by atoms with Crippen molar-refractivity contribution in [3.8, 4) is 0 Å². The van der Waals surface area contributed by atoms with E-state index in [2.05, 4.69) is 35.1 Å². The predicted octanol–water partition coefficient (Wildman–Crippen LogP) is 3.20. The van der Waals surface area contributed by atoms with Crippen LogP contribution in [0, 0.1) is 11.8 Å². The SMILES string of the molecule is CC1CCC(NC(=O)c2cc(N)ccc2Br)C1C. The molecule has 0 saturated heterocycles. The zero-order valence-corrected chi connectivity index (χ0v) is 12.3. The fourth-order valence-corrected chi connectivity index (χ4v) is 2.96. The van der Waals surface area contributed by atoms with Crippen molar-refractivity contribution < 1.29 is 4.79 Å². The van der Waals surface area contributed by atoms with Crippen molar-refractivity contribution in [2.75, 3.05) is 5.73 Å². The van der Waals surface area contributed by atoms with E-state index in [1.165, 1.54) is 6.42 Å². The molecule has 1 aromatic carbocycles. The Morgan fingerprint density at radius 3 is 2.72 bits per heavy atom. The summed E-state index contributed by atoms with van der Waals surface area (Å²) >= 11 is 3.39. The number of nitrogens with one attached hydrogen (secondary N) is 1. The monoisotopic (exact) mass is 310 g/mol. The summed E-state index contributed by atoms with van der Waals surface area (Å²) in [5, 5.41) is 3.12. The third-order valence-electron chi connectivity index (χ3n) is 4.02. The van der Waals surface area contributed by atoms with E-state index in [9.17, 15) is 4.79 Å². The number of nitrogens with two attached hydrogens (primary N) is 1. The Balaban J connectivity index is 2.10. The van der Waals surface area contributed by atoms with Gasteiger partial charge in [0.2, 0.25) is 0 Å². The van der Waals surface area contributed by atoms with E-state index < -0.39 is 0 Å². The van der Waals surface area contributed by atoms with Crippen LogP contribution >= 0.6 is 15.9 Å². The molecule has 0 aliphatic heterocycles. The molecule has 18 heavy (non-hydrogen) atoms. The number of rotatable bonds is 2. The van der Waals surface area contributed by atoms with E-state index in [0.717, 1.165) is 10.9 Å². The topological polar surface area (TPSA) is 55.1 Å². The van der Waals surface area contributed by atoms with Gasteiger partial charge in [-0.2, -0.15) is 0 Å². The van der Waals surface area contributed by atoms with E-state index in [-0.39, 0.29) is 11.9 Å². The summed E-state index contributed by atoms with van der Waals surface area (Å²) in [5.41, 5.74) is 6.94. The summed E-state index contributed by atoms with van der Waals surface area (Å²) in [6, 6.07) is 5.58. The largest absolute Gasteiger partial charge is 0.399 e. The number of anilines is 1. The number of hydrogen-bond donors (Lipinski definition) is 2. The van der Waals surface area contributed by atoms with Gasteiger partial charge in [0.1, 0.15) is 0 Å². The zero-order valence-electron chi connectivity index (χ0n) is 10.7. The fraction of sp³-hybridized carbons (Fsp3) is 0.500. The van der Waals surface area contributed by atoms with E-state index >= 15 is 0 Å². The highest BCUT2D eigenvalue weighted by Crippen LogP contribution is 2.31. The number of nitrogen functional groups attached to an aromatic ring is 1. The van der Waals surface area contributed by atoms with Crippen LogP contribution in [0.1, 0.15) is 37.0 Å². The summed E-state index contributed by atoms with van der Waals surface area (Å²) in [7, 11) is 0. The first-order valence-electron chi connectivity index (χ1n) is 6.35. The van der Waals surface area contributed by atoms with Gasteiger partial charge < -0.3 is 11.1 Å². The van der Waals surface area contributed by atoms with Crippen molar-refractivity contribution in [3.63, 3.8) is 0 Å². The highest BCUT2D eigenvalue weighted by Gasteiger charge is 2.31. The third kappa shape index (κ3) is 2.69. The smallest absolute Gasteiger partial charge is 0.252 e. The van der Waals surface area contributed by atoms with Gasteiger partial charge in [0.25, 0.3) is 5.91 Å². The highest BCUT2D eigenvalue weighted by molar-refractivity contribution is 9.10. The summed E-state index contributed by atoms with van der Waals surface area (Å²) < 4.78 is 0.785. The Hall–Kier alpha value is -1.03. The minimum absolute atomic E-state index is 0.0416. The molecule has 0 radical (unpaired) electrons. The van der Waals surface area contributed by atoms with Gasteiger partial charge in [-0.3, -0.25) is 4.79 Å². The van der Waals surface area contributed by atoms with E-state index in [0.29, 0.717) is 23.1 Å². The van der Waals surface area contributed by atoms with Gasteiger partial charge >= 0.3 is 0 Å². The number of amides is 1. The van der Waals surface area contributed by atoms with E-state index in [4.69, 9.17) is 5.73 Å². The van der Waals surface area contributed by atoms with Crippen LogP contribution in [0.4, 0.5) is 5.69 Å². The minimum atomic E-state index is -0.0416. The van der Waals surface area contributed by atoms with Crippen LogP contribution in [0.2, 0.25) is 0 Å². The van der Waals surface area contributed by atoms with Gasteiger partial charge in [-0.05, 0) is 58.8 Å². The zero-order chi connectivity index (χ0) is 13.3. The molecule has 1 aliphatic rings. The standard InChI is InChI=1S/C14H19BrN2O/c1-8-3-6-13(9(8)2)17-14(18)11-7-10(16)4-5-12(11)15/h4-5,7-9,13H,3,6,16H2,1-2H3,(H,17,18). The molecule has 1 aromatic rings. The third-order valence-corrected chi connectivity index (χ3v) is 4.71. The first kappa shape index (κ1) is 13.4. The molecule has 0 aromatic heterocycles. The fourth-order valence-electron chi connectivity index (χ4n) is 2.53. The molecule has 1 amide bonds. The van der Waals surface area contributed by atoms with E-state index in [1.807, 2.05) is 6.07 Å². The average molecular weight is 311 g/mol. The number of halogens is 1. The maximum absolute atomic E-state index is 12.2. The van der Waals surface area contributed by atoms with E-state index in [1.54, 1.807) is 12.1 Å². The molecule has 3 N–H and O–H groups in total. The maximum Gasteiger partial charge on any atom is 0.252 e. The lowest BCUT2D eigenvalue weighted by Gasteiger charge is -2.20. The molecule has 0 spiro atoms. The maximum atomic E-state index is 12.2. The molecule has 3 unspecified atom stereocenters. The Kier molecular flexibility index (Phi) is 3.95. The van der Waals surface area contributed by atoms with Crippen molar-refractivity contribution in [1.29, 1.82) is 0 Å². The molecular formula is C14H19BrN2O. The molecule has 0 heterocycles. The Labute approximate surface area is 116 Å². The highest BCUT2D eigenvalue weighted by atomic mass is 79.9. The summed E-state index contributed by atoms with van der Waals surface area (Å²) in [6.07, 6.45) is 2.25. The summed E-state index contributed by atoms with van der Waals surface area (Å²) in [4.78, 5) is 12.2. The quantitative estimate of drug-likeness (QED) is 0.824. The van der Waals surface area contributed by atoms with Gasteiger partial charge in [-0.15, -0.1) is 0 Å². The van der Waals surface area contributed by atoms with Gasteiger partial charge in [-0.25, -0.2) is 0 Å². The summed E-state index contributed by atoms with van der Waals surface area (Å²) in [6.45, 7) is 4.45. The molecule has 1 saturated carbocycles. The van der Waals surface area contributed by atoms with Crippen LogP contribution in [0.25, 0.3) is 0 Å². The summed E-state index contributed by atoms with van der Waals surface area (Å²) in [5.74, 6) is 1.17. The molecule has 1 fully saturated rings. The van der Waals surface area contributed by atoms with Crippen molar-refractivity contribution in [2.45, 2.75) is 32.7 Å². The van der Waals surface area contributed by atoms with Gasteiger partial charge in [0.05, 0.1) is 5.56 Å². The lowest BCUT2D eigenvalue weighted by atomic mass is 9.97. The predicted molar refractivity (Wildman–Crippen MR) is 77.4 cm³/mol. The number of carbonyl (C=O) groups is 1. The van der Waals surface area contributed by atoms with Crippen molar-refractivity contribution in [1.82, 2.24) is 5.32 Å². The number of carbonyl (C=O) groups excluding carboxylic acids is 1. The normalized spacial score (nSPS) is 27.2. The number of benzene rings is 1. The molecule has 4 heteroatoms. The van der Waals surface area contributed by atoms with Gasteiger partial charge in [-0.1, -0.05) is 13.8 Å². The van der Waals surface area contributed by atoms with Crippen molar-refractivity contribution in [2.24, 2.45) is 11.8 Å². The van der Waals surface area contributed by atoms with Crippen LogP contribution in [0.5, 0.6) is 0 Å². The first-order chi connectivity index (χ1) is 8.49.